The van der Waals surface area contributed by atoms with E-state index in [4.69, 9.17) is 5.73 Å². The average Bonchev–Trinajstić information content (AvgIpc) is 2.31. The molecule has 0 saturated heterocycles. The molecule has 0 fully saturated rings. The highest BCUT2D eigenvalue weighted by atomic mass is 14.9. The summed E-state index contributed by atoms with van der Waals surface area (Å²) in [6, 6.07) is 10.7. The average molecular weight is 206 g/mol. The standard InChI is InChI=1S/C13H22N2/c1-3-11(2)10-15-13(9-14)12-7-5-4-6-8-12/h4-8,11,13,15H,3,9-10,14H2,1-2H3. The van der Waals surface area contributed by atoms with Crippen molar-refractivity contribution in [3.8, 4) is 0 Å². The Kier molecular flexibility index (Phi) is 5.37. The first kappa shape index (κ1) is 12.2. The Morgan fingerprint density at radius 1 is 1.27 bits per heavy atom. The minimum atomic E-state index is 0.292. The Morgan fingerprint density at radius 2 is 1.93 bits per heavy atom. The van der Waals surface area contributed by atoms with E-state index in [0.717, 1.165) is 6.54 Å². The molecule has 0 saturated carbocycles. The molecule has 0 aliphatic rings. The zero-order valence-corrected chi connectivity index (χ0v) is 9.74. The molecule has 0 radical (unpaired) electrons. The maximum Gasteiger partial charge on any atom is 0.0444 e. The predicted octanol–water partition coefficient (Wildman–Crippen LogP) is 2.32. The molecular formula is C13H22N2. The van der Waals surface area contributed by atoms with E-state index in [0.29, 0.717) is 18.5 Å². The third-order valence-electron chi connectivity index (χ3n) is 2.85. The monoisotopic (exact) mass is 206 g/mol. The number of benzene rings is 1. The Bertz CT molecular complexity index is 258. The molecule has 0 heterocycles. The number of hydrogen-bond acceptors (Lipinski definition) is 2. The van der Waals surface area contributed by atoms with E-state index in [2.05, 4.69) is 43.4 Å². The van der Waals surface area contributed by atoms with Crippen LogP contribution in [0.5, 0.6) is 0 Å². The lowest BCUT2D eigenvalue weighted by molar-refractivity contribution is 0.448. The van der Waals surface area contributed by atoms with Crippen LogP contribution >= 0.6 is 0 Å². The minimum Gasteiger partial charge on any atom is -0.329 e. The van der Waals surface area contributed by atoms with E-state index in [1.165, 1.54) is 12.0 Å². The van der Waals surface area contributed by atoms with Crippen LogP contribution in [0.25, 0.3) is 0 Å². The molecule has 0 amide bonds. The lowest BCUT2D eigenvalue weighted by Crippen LogP contribution is -2.31. The summed E-state index contributed by atoms with van der Waals surface area (Å²) in [6.07, 6.45) is 1.21. The number of rotatable bonds is 6. The molecule has 3 N–H and O–H groups in total. The van der Waals surface area contributed by atoms with Crippen LogP contribution in [0.15, 0.2) is 30.3 Å². The molecule has 1 rings (SSSR count). The van der Waals surface area contributed by atoms with Crippen LogP contribution < -0.4 is 11.1 Å². The van der Waals surface area contributed by atoms with Gasteiger partial charge >= 0.3 is 0 Å². The number of nitrogens with one attached hydrogen (secondary N) is 1. The quantitative estimate of drug-likeness (QED) is 0.749. The van der Waals surface area contributed by atoms with Crippen molar-refractivity contribution in [1.29, 1.82) is 0 Å². The van der Waals surface area contributed by atoms with Gasteiger partial charge in [0.1, 0.15) is 0 Å². The fourth-order valence-corrected chi connectivity index (χ4v) is 1.51. The van der Waals surface area contributed by atoms with Gasteiger partial charge in [0.2, 0.25) is 0 Å². The van der Waals surface area contributed by atoms with Crippen molar-refractivity contribution < 1.29 is 0 Å². The number of nitrogens with two attached hydrogens (primary N) is 1. The van der Waals surface area contributed by atoms with E-state index >= 15 is 0 Å². The van der Waals surface area contributed by atoms with Gasteiger partial charge in [0.25, 0.3) is 0 Å². The van der Waals surface area contributed by atoms with Crippen molar-refractivity contribution in [3.63, 3.8) is 0 Å². The van der Waals surface area contributed by atoms with Crippen molar-refractivity contribution >= 4 is 0 Å². The van der Waals surface area contributed by atoms with Gasteiger partial charge in [-0.25, -0.2) is 0 Å². The van der Waals surface area contributed by atoms with Gasteiger partial charge in [0, 0.05) is 12.6 Å². The van der Waals surface area contributed by atoms with Crippen molar-refractivity contribution in [1.82, 2.24) is 5.32 Å². The molecule has 2 nitrogen and oxygen atoms in total. The summed E-state index contributed by atoms with van der Waals surface area (Å²) in [5.74, 6) is 0.711. The normalized spacial score (nSPS) is 14.9. The summed E-state index contributed by atoms with van der Waals surface area (Å²) >= 11 is 0. The third-order valence-corrected chi connectivity index (χ3v) is 2.85. The van der Waals surface area contributed by atoms with Gasteiger partial charge in [0.05, 0.1) is 0 Å². The van der Waals surface area contributed by atoms with Crippen LogP contribution in [0.4, 0.5) is 0 Å². The largest absolute Gasteiger partial charge is 0.329 e. The summed E-state index contributed by atoms with van der Waals surface area (Å²) in [5.41, 5.74) is 7.05. The second-order valence-electron chi connectivity index (χ2n) is 4.12. The first-order chi connectivity index (χ1) is 7.27. The fraction of sp³-hybridized carbons (Fsp3) is 0.538. The lowest BCUT2D eigenvalue weighted by Gasteiger charge is -2.19. The summed E-state index contributed by atoms with van der Waals surface area (Å²) in [5, 5.41) is 3.51. The van der Waals surface area contributed by atoms with Crippen LogP contribution in [0.3, 0.4) is 0 Å². The van der Waals surface area contributed by atoms with Crippen LogP contribution in [-0.2, 0) is 0 Å². The van der Waals surface area contributed by atoms with Crippen molar-refractivity contribution in [2.24, 2.45) is 11.7 Å². The fourth-order valence-electron chi connectivity index (χ4n) is 1.51. The topological polar surface area (TPSA) is 38.0 Å². The van der Waals surface area contributed by atoms with E-state index in [-0.39, 0.29) is 0 Å². The Labute approximate surface area is 92.9 Å². The van der Waals surface area contributed by atoms with Gasteiger partial charge in [0.15, 0.2) is 0 Å². The Hall–Kier alpha value is -0.860. The minimum absolute atomic E-state index is 0.292. The molecule has 2 atom stereocenters. The van der Waals surface area contributed by atoms with Crippen LogP contribution in [0.2, 0.25) is 0 Å². The van der Waals surface area contributed by atoms with Gasteiger partial charge < -0.3 is 11.1 Å². The third kappa shape index (κ3) is 4.02. The zero-order valence-electron chi connectivity index (χ0n) is 9.74. The highest BCUT2D eigenvalue weighted by Gasteiger charge is 2.09. The van der Waals surface area contributed by atoms with E-state index in [1.807, 2.05) is 6.07 Å². The first-order valence-corrected chi connectivity index (χ1v) is 5.76. The van der Waals surface area contributed by atoms with E-state index < -0.39 is 0 Å². The van der Waals surface area contributed by atoms with E-state index in [1.54, 1.807) is 0 Å². The summed E-state index contributed by atoms with van der Waals surface area (Å²) in [4.78, 5) is 0. The maximum absolute atomic E-state index is 5.77. The second-order valence-corrected chi connectivity index (χ2v) is 4.12. The molecule has 1 aromatic rings. The Balaban J connectivity index is 2.50. The summed E-state index contributed by atoms with van der Waals surface area (Å²) in [7, 11) is 0. The lowest BCUT2D eigenvalue weighted by atomic mass is 10.1. The van der Waals surface area contributed by atoms with Crippen LogP contribution in [0.1, 0.15) is 31.9 Å². The van der Waals surface area contributed by atoms with Gasteiger partial charge in [-0.1, -0.05) is 50.6 Å². The highest BCUT2D eigenvalue weighted by molar-refractivity contribution is 5.19. The van der Waals surface area contributed by atoms with Gasteiger partial charge in [-0.2, -0.15) is 0 Å². The molecule has 84 valence electrons. The van der Waals surface area contributed by atoms with Crippen molar-refractivity contribution in [2.45, 2.75) is 26.3 Å². The number of hydrogen-bond donors (Lipinski definition) is 2. The summed E-state index contributed by atoms with van der Waals surface area (Å²) in [6.45, 7) is 6.16. The molecule has 2 heteroatoms. The smallest absolute Gasteiger partial charge is 0.0444 e. The SMILES string of the molecule is CCC(C)CNC(CN)c1ccccc1. The van der Waals surface area contributed by atoms with Gasteiger partial charge in [-0.15, -0.1) is 0 Å². The second kappa shape index (κ2) is 6.59. The molecule has 0 spiro atoms. The molecule has 15 heavy (non-hydrogen) atoms. The maximum atomic E-state index is 5.77. The molecule has 1 aromatic carbocycles. The summed E-state index contributed by atoms with van der Waals surface area (Å²) < 4.78 is 0. The van der Waals surface area contributed by atoms with Crippen LogP contribution in [0, 0.1) is 5.92 Å². The van der Waals surface area contributed by atoms with Gasteiger partial charge in [-0.3, -0.25) is 0 Å². The zero-order chi connectivity index (χ0) is 11.1. The van der Waals surface area contributed by atoms with Gasteiger partial charge in [-0.05, 0) is 18.0 Å². The molecular weight excluding hydrogens is 184 g/mol. The molecule has 0 aromatic heterocycles. The van der Waals surface area contributed by atoms with Crippen LogP contribution in [-0.4, -0.2) is 13.1 Å². The van der Waals surface area contributed by atoms with Crippen molar-refractivity contribution in [3.05, 3.63) is 35.9 Å². The highest BCUT2D eigenvalue weighted by Crippen LogP contribution is 2.11. The molecule has 2 unspecified atom stereocenters. The Morgan fingerprint density at radius 3 is 2.47 bits per heavy atom. The first-order valence-electron chi connectivity index (χ1n) is 5.76. The molecule has 0 bridgehead atoms. The van der Waals surface area contributed by atoms with Crippen molar-refractivity contribution in [2.75, 3.05) is 13.1 Å². The van der Waals surface area contributed by atoms with E-state index in [9.17, 15) is 0 Å². The predicted molar refractivity (Wildman–Crippen MR) is 65.7 cm³/mol. The molecule has 0 aliphatic carbocycles. The molecule has 0 aliphatic heterocycles.